The summed E-state index contributed by atoms with van der Waals surface area (Å²) in [6.07, 6.45) is 12.5. The van der Waals surface area contributed by atoms with Crippen LogP contribution in [0.5, 0.6) is 11.5 Å². The fourth-order valence-corrected chi connectivity index (χ4v) is 3.86. The molecule has 1 saturated carbocycles. The largest absolute Gasteiger partial charge is 0.507 e. The fraction of sp³-hybridized carbons (Fsp3) is 0.308. The lowest BCUT2D eigenvalue weighted by molar-refractivity contribution is 0.390. The van der Waals surface area contributed by atoms with E-state index in [1.165, 1.54) is 0 Å². The maximum absolute atomic E-state index is 10.5. The van der Waals surface area contributed by atoms with Crippen LogP contribution in [-0.2, 0) is 12.8 Å². The maximum Gasteiger partial charge on any atom is 0.127 e. The molecule has 4 heteroatoms. The first-order chi connectivity index (χ1) is 14.6. The van der Waals surface area contributed by atoms with E-state index in [9.17, 15) is 10.2 Å². The van der Waals surface area contributed by atoms with E-state index in [-0.39, 0.29) is 23.6 Å². The van der Waals surface area contributed by atoms with Gasteiger partial charge in [-0.3, -0.25) is 9.98 Å². The first-order valence-electron chi connectivity index (χ1n) is 10.5. The van der Waals surface area contributed by atoms with Crippen LogP contribution < -0.4 is 0 Å². The van der Waals surface area contributed by atoms with Crippen molar-refractivity contribution in [3.63, 3.8) is 0 Å². The van der Waals surface area contributed by atoms with Crippen molar-refractivity contribution in [3.8, 4) is 11.5 Å². The predicted molar refractivity (Wildman–Crippen MR) is 125 cm³/mol. The topological polar surface area (TPSA) is 65.2 Å². The molecule has 0 spiro atoms. The van der Waals surface area contributed by atoms with Crippen molar-refractivity contribution in [2.24, 2.45) is 9.98 Å². The Morgan fingerprint density at radius 1 is 0.767 bits per heavy atom. The summed E-state index contributed by atoms with van der Waals surface area (Å²) in [5.41, 5.74) is 3.14. The summed E-state index contributed by atoms with van der Waals surface area (Å²) in [5, 5.41) is 20.9. The van der Waals surface area contributed by atoms with Crippen LogP contribution in [0.15, 0.2) is 71.7 Å². The molecular formula is C26H30N2O2. The molecule has 1 aliphatic carbocycles. The van der Waals surface area contributed by atoms with Crippen LogP contribution in [0, 0.1) is 0 Å². The SMILES string of the molecule is C=CCc1cccc(C=N[C@@H]2CCCC[C@H]2N=Cc2cccc(CC=C)c2O)c1O. The normalized spacial score (nSPS) is 19.3. The van der Waals surface area contributed by atoms with Crippen molar-refractivity contribution in [1.29, 1.82) is 0 Å². The Kier molecular flexibility index (Phi) is 7.61. The molecule has 30 heavy (non-hydrogen) atoms. The van der Waals surface area contributed by atoms with E-state index >= 15 is 0 Å². The van der Waals surface area contributed by atoms with Crippen LogP contribution in [0.3, 0.4) is 0 Å². The van der Waals surface area contributed by atoms with E-state index < -0.39 is 0 Å². The molecule has 0 heterocycles. The Balaban J connectivity index is 1.78. The zero-order chi connectivity index (χ0) is 21.3. The number of para-hydroxylation sites is 2. The molecule has 2 aromatic carbocycles. The third-order valence-corrected chi connectivity index (χ3v) is 5.53. The van der Waals surface area contributed by atoms with Gasteiger partial charge in [-0.2, -0.15) is 0 Å². The average Bonchev–Trinajstić information content (AvgIpc) is 2.76. The molecule has 0 aromatic heterocycles. The Morgan fingerprint density at radius 3 is 1.60 bits per heavy atom. The number of benzene rings is 2. The molecule has 0 saturated heterocycles. The minimum Gasteiger partial charge on any atom is -0.507 e. The van der Waals surface area contributed by atoms with Gasteiger partial charge in [0.2, 0.25) is 0 Å². The average molecular weight is 403 g/mol. The van der Waals surface area contributed by atoms with Gasteiger partial charge in [-0.15, -0.1) is 13.2 Å². The molecule has 1 fully saturated rings. The van der Waals surface area contributed by atoms with Crippen molar-refractivity contribution in [3.05, 3.63) is 84.0 Å². The second-order valence-corrected chi connectivity index (χ2v) is 7.67. The minimum atomic E-state index is 0.0657. The van der Waals surface area contributed by atoms with Crippen molar-refractivity contribution < 1.29 is 10.2 Å². The van der Waals surface area contributed by atoms with Gasteiger partial charge in [0.1, 0.15) is 11.5 Å². The lowest BCUT2D eigenvalue weighted by Gasteiger charge is -2.25. The summed E-state index contributed by atoms with van der Waals surface area (Å²) in [7, 11) is 0. The summed E-state index contributed by atoms with van der Waals surface area (Å²) in [5.74, 6) is 0.530. The fourth-order valence-electron chi connectivity index (χ4n) is 3.86. The molecule has 1 aliphatic rings. The summed E-state index contributed by atoms with van der Waals surface area (Å²) >= 11 is 0. The Hall–Kier alpha value is -3.14. The van der Waals surface area contributed by atoms with Crippen molar-refractivity contribution >= 4 is 12.4 Å². The molecule has 0 unspecified atom stereocenters. The standard InChI is InChI=1S/C26H30N2O2/c1-3-9-19-11-7-13-21(25(19)29)17-27-23-15-5-6-16-24(23)28-18-22-14-8-12-20(10-4-2)26(22)30/h3-4,7-8,11-14,17-18,23-24,29-30H,1-2,5-6,9-10,15-16H2/t23-,24-/m1/s1. The van der Waals surface area contributed by atoms with Crippen LogP contribution >= 0.6 is 0 Å². The monoisotopic (exact) mass is 402 g/mol. The molecule has 0 bridgehead atoms. The second-order valence-electron chi connectivity index (χ2n) is 7.67. The van der Waals surface area contributed by atoms with Crippen molar-refractivity contribution in [2.75, 3.05) is 0 Å². The highest BCUT2D eigenvalue weighted by Gasteiger charge is 2.23. The highest BCUT2D eigenvalue weighted by molar-refractivity contribution is 5.85. The van der Waals surface area contributed by atoms with Gasteiger partial charge in [-0.25, -0.2) is 0 Å². The molecule has 156 valence electrons. The summed E-state index contributed by atoms with van der Waals surface area (Å²) in [6.45, 7) is 7.48. The number of aromatic hydroxyl groups is 2. The number of aliphatic imine (C=N–C) groups is 2. The van der Waals surface area contributed by atoms with Gasteiger partial charge in [0.15, 0.2) is 0 Å². The van der Waals surface area contributed by atoms with Crippen molar-refractivity contribution in [2.45, 2.75) is 50.6 Å². The molecule has 4 nitrogen and oxygen atoms in total. The summed E-state index contributed by atoms with van der Waals surface area (Å²) in [4.78, 5) is 9.56. The van der Waals surface area contributed by atoms with E-state index in [4.69, 9.17) is 9.98 Å². The number of phenols is 2. The van der Waals surface area contributed by atoms with E-state index in [0.717, 1.165) is 47.9 Å². The molecule has 2 atom stereocenters. The smallest absolute Gasteiger partial charge is 0.127 e. The minimum absolute atomic E-state index is 0.0657. The number of hydrogen-bond donors (Lipinski definition) is 2. The predicted octanol–water partition coefficient (Wildman–Crippen LogP) is 5.40. The third kappa shape index (κ3) is 5.26. The van der Waals surface area contributed by atoms with E-state index in [2.05, 4.69) is 13.2 Å². The van der Waals surface area contributed by atoms with E-state index in [1.54, 1.807) is 24.6 Å². The van der Waals surface area contributed by atoms with E-state index in [1.807, 2.05) is 36.4 Å². The highest BCUT2D eigenvalue weighted by atomic mass is 16.3. The highest BCUT2D eigenvalue weighted by Crippen LogP contribution is 2.27. The van der Waals surface area contributed by atoms with Gasteiger partial charge < -0.3 is 10.2 Å². The van der Waals surface area contributed by atoms with Crippen LogP contribution in [0.1, 0.15) is 47.9 Å². The first kappa shape index (κ1) is 21.6. The van der Waals surface area contributed by atoms with Crippen LogP contribution in [0.4, 0.5) is 0 Å². The molecule has 2 aromatic rings. The molecule has 0 radical (unpaired) electrons. The van der Waals surface area contributed by atoms with Gasteiger partial charge in [-0.1, -0.05) is 49.3 Å². The number of hydrogen-bond acceptors (Lipinski definition) is 4. The molecule has 2 N–H and O–H groups in total. The number of nitrogens with zero attached hydrogens (tertiary/aromatic N) is 2. The molecule has 0 aliphatic heterocycles. The van der Waals surface area contributed by atoms with Gasteiger partial charge >= 0.3 is 0 Å². The summed E-state index contributed by atoms with van der Waals surface area (Å²) in [6, 6.07) is 11.5. The summed E-state index contributed by atoms with van der Waals surface area (Å²) < 4.78 is 0. The molecular weight excluding hydrogens is 372 g/mol. The quantitative estimate of drug-likeness (QED) is 0.458. The van der Waals surface area contributed by atoms with Gasteiger partial charge in [-0.05, 0) is 48.9 Å². The van der Waals surface area contributed by atoms with Gasteiger partial charge in [0.05, 0.1) is 12.1 Å². The second kappa shape index (κ2) is 10.6. The van der Waals surface area contributed by atoms with E-state index in [0.29, 0.717) is 12.8 Å². The third-order valence-electron chi connectivity index (χ3n) is 5.53. The Bertz CT molecular complexity index is 869. The lowest BCUT2D eigenvalue weighted by atomic mass is 9.91. The number of phenolic OH excluding ortho intramolecular Hbond substituents is 2. The Labute approximate surface area is 179 Å². The zero-order valence-corrected chi connectivity index (χ0v) is 17.4. The van der Waals surface area contributed by atoms with Crippen molar-refractivity contribution in [1.82, 2.24) is 0 Å². The first-order valence-corrected chi connectivity index (χ1v) is 10.5. The molecule has 0 amide bonds. The maximum atomic E-state index is 10.5. The molecule has 3 rings (SSSR count). The van der Waals surface area contributed by atoms with Gasteiger partial charge in [0, 0.05) is 23.6 Å². The number of allylic oxidation sites excluding steroid dienone is 2. The van der Waals surface area contributed by atoms with Crippen LogP contribution in [-0.4, -0.2) is 34.7 Å². The van der Waals surface area contributed by atoms with Crippen LogP contribution in [0.25, 0.3) is 0 Å². The zero-order valence-electron chi connectivity index (χ0n) is 17.4. The van der Waals surface area contributed by atoms with Gasteiger partial charge in [0.25, 0.3) is 0 Å². The van der Waals surface area contributed by atoms with Crippen LogP contribution in [0.2, 0.25) is 0 Å². The number of rotatable bonds is 8. The lowest BCUT2D eigenvalue weighted by Crippen LogP contribution is -2.27. The Morgan fingerprint density at radius 2 is 1.20 bits per heavy atom.